The van der Waals surface area contributed by atoms with Crippen molar-refractivity contribution in [1.82, 2.24) is 9.80 Å². The number of ether oxygens (including phenoxy) is 1. The molecule has 2 heterocycles. The van der Waals surface area contributed by atoms with Crippen LogP contribution in [-0.2, 0) is 11.2 Å². The molecule has 2 saturated heterocycles. The summed E-state index contributed by atoms with van der Waals surface area (Å²) in [6.07, 6.45) is 6.26. The summed E-state index contributed by atoms with van der Waals surface area (Å²) in [5.41, 5.74) is 1.20. The highest BCUT2D eigenvalue weighted by Gasteiger charge is 2.37. The molecule has 2 aliphatic rings. The molecule has 0 N–H and O–H groups in total. The number of likely N-dealkylation sites (tertiary alicyclic amines) is 2. The highest BCUT2D eigenvalue weighted by atomic mass is 16.5. The van der Waals surface area contributed by atoms with Crippen LogP contribution in [0.5, 0.6) is 5.75 Å². The molecular formula is C19H28N2O2. The first-order valence-electron chi connectivity index (χ1n) is 8.81. The number of nitrogens with zero attached hydrogens (tertiary/aromatic N) is 2. The molecule has 23 heavy (non-hydrogen) atoms. The van der Waals surface area contributed by atoms with Gasteiger partial charge in [0.15, 0.2) is 0 Å². The van der Waals surface area contributed by atoms with Gasteiger partial charge in [-0.15, -0.1) is 0 Å². The van der Waals surface area contributed by atoms with E-state index in [4.69, 9.17) is 4.74 Å². The number of hydrogen-bond acceptors (Lipinski definition) is 3. The van der Waals surface area contributed by atoms with E-state index in [-0.39, 0.29) is 0 Å². The zero-order valence-electron chi connectivity index (χ0n) is 14.3. The average molecular weight is 316 g/mol. The molecule has 1 aromatic rings. The van der Waals surface area contributed by atoms with E-state index >= 15 is 0 Å². The van der Waals surface area contributed by atoms with Crippen molar-refractivity contribution >= 4 is 5.91 Å². The van der Waals surface area contributed by atoms with Crippen LogP contribution in [0.4, 0.5) is 0 Å². The number of rotatable bonds is 5. The van der Waals surface area contributed by atoms with Crippen molar-refractivity contribution in [2.45, 2.75) is 50.6 Å². The maximum atomic E-state index is 12.7. The van der Waals surface area contributed by atoms with Crippen molar-refractivity contribution in [3.05, 3.63) is 29.8 Å². The van der Waals surface area contributed by atoms with Crippen molar-refractivity contribution in [2.24, 2.45) is 0 Å². The van der Waals surface area contributed by atoms with E-state index in [1.807, 2.05) is 12.1 Å². The van der Waals surface area contributed by atoms with Crippen molar-refractivity contribution in [1.29, 1.82) is 0 Å². The lowest BCUT2D eigenvalue weighted by Crippen LogP contribution is -2.47. The van der Waals surface area contributed by atoms with Gasteiger partial charge in [0.1, 0.15) is 5.75 Å². The molecule has 0 aliphatic carbocycles. The molecule has 0 bridgehead atoms. The normalized spacial score (nSPS) is 25.0. The maximum Gasteiger partial charge on any atom is 0.223 e. The Bertz CT molecular complexity index is 529. The zero-order valence-corrected chi connectivity index (χ0v) is 14.3. The summed E-state index contributed by atoms with van der Waals surface area (Å²) in [5.74, 6) is 1.19. The van der Waals surface area contributed by atoms with E-state index in [9.17, 15) is 4.79 Å². The number of carbonyl (C=O) groups is 1. The molecule has 0 radical (unpaired) electrons. The van der Waals surface area contributed by atoms with Gasteiger partial charge in [-0.25, -0.2) is 0 Å². The van der Waals surface area contributed by atoms with Crippen molar-refractivity contribution in [2.75, 3.05) is 27.2 Å². The Hall–Kier alpha value is -1.55. The van der Waals surface area contributed by atoms with Gasteiger partial charge in [0.2, 0.25) is 5.91 Å². The number of carbonyl (C=O) groups excluding carboxylic acids is 1. The van der Waals surface area contributed by atoms with Gasteiger partial charge in [0.05, 0.1) is 7.11 Å². The second kappa shape index (κ2) is 7.35. The molecule has 1 aromatic carbocycles. The van der Waals surface area contributed by atoms with E-state index in [1.54, 1.807) is 7.11 Å². The second-order valence-corrected chi connectivity index (χ2v) is 6.83. The molecule has 0 saturated carbocycles. The van der Waals surface area contributed by atoms with Gasteiger partial charge < -0.3 is 14.5 Å². The smallest absolute Gasteiger partial charge is 0.223 e. The fourth-order valence-corrected chi connectivity index (χ4v) is 4.11. The first-order chi connectivity index (χ1) is 11.2. The molecule has 2 atom stereocenters. The van der Waals surface area contributed by atoms with Crippen LogP contribution in [0, 0.1) is 0 Å². The average Bonchev–Trinajstić information content (AvgIpc) is 3.21. The van der Waals surface area contributed by atoms with E-state index < -0.39 is 0 Å². The van der Waals surface area contributed by atoms with Crippen LogP contribution < -0.4 is 4.74 Å². The summed E-state index contributed by atoms with van der Waals surface area (Å²) in [4.78, 5) is 17.3. The fraction of sp³-hybridized carbons (Fsp3) is 0.632. The van der Waals surface area contributed by atoms with Gasteiger partial charge in [0.25, 0.3) is 0 Å². The van der Waals surface area contributed by atoms with Gasteiger partial charge in [-0.05, 0) is 63.4 Å². The van der Waals surface area contributed by atoms with Crippen LogP contribution in [0.25, 0.3) is 0 Å². The van der Waals surface area contributed by atoms with Crippen LogP contribution in [0.3, 0.4) is 0 Å². The second-order valence-electron chi connectivity index (χ2n) is 6.83. The minimum atomic E-state index is 0.323. The Balaban J connectivity index is 1.56. The molecule has 0 unspecified atom stereocenters. The molecule has 2 aliphatic heterocycles. The number of benzene rings is 1. The van der Waals surface area contributed by atoms with Crippen molar-refractivity contribution < 1.29 is 9.53 Å². The summed E-state index contributed by atoms with van der Waals surface area (Å²) < 4.78 is 5.18. The largest absolute Gasteiger partial charge is 0.497 e. The van der Waals surface area contributed by atoms with Crippen LogP contribution in [-0.4, -0.2) is 55.0 Å². The van der Waals surface area contributed by atoms with Crippen molar-refractivity contribution in [3.8, 4) is 5.75 Å². The Labute approximate surface area is 139 Å². The highest BCUT2D eigenvalue weighted by Crippen LogP contribution is 2.29. The lowest BCUT2D eigenvalue weighted by atomic mass is 10.0. The predicted octanol–water partition coefficient (Wildman–Crippen LogP) is 2.71. The predicted molar refractivity (Wildman–Crippen MR) is 91.7 cm³/mol. The van der Waals surface area contributed by atoms with Crippen LogP contribution >= 0.6 is 0 Å². The van der Waals surface area contributed by atoms with Gasteiger partial charge in [-0.2, -0.15) is 0 Å². The number of hydrogen-bond donors (Lipinski definition) is 0. The molecule has 4 nitrogen and oxygen atoms in total. The third-order valence-electron chi connectivity index (χ3n) is 5.43. The van der Waals surface area contributed by atoms with E-state index in [2.05, 4.69) is 29.0 Å². The third kappa shape index (κ3) is 3.69. The summed E-state index contributed by atoms with van der Waals surface area (Å²) >= 11 is 0. The molecule has 0 spiro atoms. The quantitative estimate of drug-likeness (QED) is 0.837. The van der Waals surface area contributed by atoms with Gasteiger partial charge in [-0.1, -0.05) is 12.1 Å². The first kappa shape index (κ1) is 16.3. The number of methoxy groups -OCH3 is 1. The van der Waals surface area contributed by atoms with Crippen LogP contribution in [0.15, 0.2) is 24.3 Å². The van der Waals surface area contributed by atoms with Crippen molar-refractivity contribution in [3.63, 3.8) is 0 Å². The topological polar surface area (TPSA) is 32.8 Å². The minimum absolute atomic E-state index is 0.323. The third-order valence-corrected chi connectivity index (χ3v) is 5.43. The van der Waals surface area contributed by atoms with Crippen LogP contribution in [0.1, 0.15) is 37.7 Å². The summed E-state index contributed by atoms with van der Waals surface area (Å²) in [6, 6.07) is 9.04. The van der Waals surface area contributed by atoms with E-state index in [0.29, 0.717) is 24.4 Å². The Morgan fingerprint density at radius 2 is 1.83 bits per heavy atom. The highest BCUT2D eigenvalue weighted by molar-refractivity contribution is 5.77. The standard InChI is InChI=1S/C19H28N2O2/c1-20-13-3-5-17(20)18-6-4-14-21(18)19(22)12-9-15-7-10-16(23-2)11-8-15/h7-8,10-11,17-18H,3-6,9,12-14H2,1-2H3/t17-,18-/m0/s1. The SMILES string of the molecule is COc1ccc(CCC(=O)N2CCC[C@H]2[C@@H]2CCCN2C)cc1. The molecule has 3 rings (SSSR count). The van der Waals surface area contributed by atoms with Gasteiger partial charge in [-0.3, -0.25) is 4.79 Å². The van der Waals surface area contributed by atoms with Crippen LogP contribution in [0.2, 0.25) is 0 Å². The Kier molecular flexibility index (Phi) is 5.21. The Morgan fingerprint density at radius 1 is 1.13 bits per heavy atom. The molecule has 4 heteroatoms. The minimum Gasteiger partial charge on any atom is -0.497 e. The zero-order chi connectivity index (χ0) is 16.2. The molecule has 126 valence electrons. The maximum absolute atomic E-state index is 12.7. The number of aryl methyl sites for hydroxylation is 1. The van der Waals surface area contributed by atoms with Gasteiger partial charge in [0, 0.05) is 25.0 Å². The molecule has 1 amide bonds. The first-order valence-corrected chi connectivity index (χ1v) is 8.81. The number of amides is 1. The summed E-state index contributed by atoms with van der Waals surface area (Å²) in [5, 5.41) is 0. The fourth-order valence-electron chi connectivity index (χ4n) is 4.11. The molecular weight excluding hydrogens is 288 g/mol. The lowest BCUT2D eigenvalue weighted by molar-refractivity contribution is -0.132. The van der Waals surface area contributed by atoms with Gasteiger partial charge >= 0.3 is 0 Å². The Morgan fingerprint density at radius 3 is 2.48 bits per heavy atom. The summed E-state index contributed by atoms with van der Waals surface area (Å²) in [7, 11) is 3.88. The van der Waals surface area contributed by atoms with E-state index in [0.717, 1.165) is 25.1 Å². The number of likely N-dealkylation sites (N-methyl/N-ethyl adjacent to an activating group) is 1. The molecule has 0 aromatic heterocycles. The summed E-state index contributed by atoms with van der Waals surface area (Å²) in [6.45, 7) is 2.12. The monoisotopic (exact) mass is 316 g/mol. The molecule has 2 fully saturated rings. The lowest BCUT2D eigenvalue weighted by Gasteiger charge is -2.33. The van der Waals surface area contributed by atoms with E-state index in [1.165, 1.54) is 31.4 Å².